The summed E-state index contributed by atoms with van der Waals surface area (Å²) in [5.74, 6) is 0.813. The van der Waals surface area contributed by atoms with Gasteiger partial charge in [-0.1, -0.05) is 52.2 Å². The zero-order valence-corrected chi connectivity index (χ0v) is 9.90. The van der Waals surface area contributed by atoms with Crippen LogP contribution in [-0.4, -0.2) is 0 Å². The molecule has 0 aromatic rings. The van der Waals surface area contributed by atoms with Crippen molar-refractivity contribution in [2.75, 3.05) is 0 Å². The molecule has 0 radical (unpaired) electrons. The summed E-state index contributed by atoms with van der Waals surface area (Å²) in [6, 6.07) is 0. The molecule has 0 heteroatoms. The van der Waals surface area contributed by atoms with Gasteiger partial charge >= 0.3 is 0 Å². The molecule has 0 aliphatic rings. The van der Waals surface area contributed by atoms with Crippen LogP contribution in [0.5, 0.6) is 0 Å². The van der Waals surface area contributed by atoms with Crippen molar-refractivity contribution in [1.29, 1.82) is 0 Å². The van der Waals surface area contributed by atoms with Crippen molar-refractivity contribution in [3.63, 3.8) is 0 Å². The molecule has 0 unspecified atom stereocenters. The van der Waals surface area contributed by atoms with Crippen LogP contribution < -0.4 is 0 Å². The lowest BCUT2D eigenvalue weighted by atomic mass is 10.0. The predicted octanol–water partition coefficient (Wildman–Crippen LogP) is 4.95. The van der Waals surface area contributed by atoms with Gasteiger partial charge in [-0.05, 0) is 31.6 Å². The minimum Gasteiger partial charge on any atom is -0.0851 e. The molecule has 13 heavy (non-hydrogen) atoms. The zero-order chi connectivity index (χ0) is 10.1. The van der Waals surface area contributed by atoms with Crippen LogP contribution in [0.1, 0.15) is 66.2 Å². The summed E-state index contributed by atoms with van der Waals surface area (Å²) < 4.78 is 0. The number of rotatable bonds is 7. The molecule has 0 fully saturated rings. The van der Waals surface area contributed by atoms with Crippen LogP contribution in [0.25, 0.3) is 0 Å². The fourth-order valence-electron chi connectivity index (χ4n) is 1.46. The summed E-state index contributed by atoms with van der Waals surface area (Å²) in [6.07, 6.45) is 10.4. The summed E-state index contributed by atoms with van der Waals surface area (Å²) in [7, 11) is 0. The first kappa shape index (κ1) is 12.7. The van der Waals surface area contributed by atoms with Crippen molar-refractivity contribution in [1.82, 2.24) is 0 Å². The van der Waals surface area contributed by atoms with E-state index in [2.05, 4.69) is 33.8 Å². The standard InChI is InChI=1S/C13H26/c1-5-7-9-13(8-6-2)11-10-12(3)4/h11-12H,5-10H2,1-4H3. The average Bonchev–Trinajstić information content (AvgIpc) is 2.09. The molecule has 0 bridgehead atoms. The molecular weight excluding hydrogens is 156 g/mol. The quantitative estimate of drug-likeness (QED) is 0.489. The van der Waals surface area contributed by atoms with Gasteiger partial charge in [-0.15, -0.1) is 0 Å². The third-order valence-electron chi connectivity index (χ3n) is 2.30. The van der Waals surface area contributed by atoms with Crippen molar-refractivity contribution in [2.45, 2.75) is 66.2 Å². The van der Waals surface area contributed by atoms with E-state index in [0.29, 0.717) is 0 Å². The van der Waals surface area contributed by atoms with Crippen LogP contribution in [-0.2, 0) is 0 Å². The normalized spacial score (nSPS) is 12.5. The van der Waals surface area contributed by atoms with Crippen LogP contribution in [0.15, 0.2) is 11.6 Å². The number of unbranched alkanes of at least 4 members (excludes halogenated alkanes) is 1. The Labute approximate surface area is 84.4 Å². The fraction of sp³-hybridized carbons (Fsp3) is 0.846. The molecule has 0 saturated heterocycles. The first-order chi connectivity index (χ1) is 6.20. The molecule has 0 aromatic carbocycles. The van der Waals surface area contributed by atoms with Crippen LogP contribution >= 0.6 is 0 Å². The Bertz CT molecular complexity index is 131. The molecule has 0 nitrogen and oxygen atoms in total. The van der Waals surface area contributed by atoms with E-state index in [1.165, 1.54) is 38.5 Å². The highest BCUT2D eigenvalue weighted by Crippen LogP contribution is 2.16. The topological polar surface area (TPSA) is 0 Å². The number of allylic oxidation sites excluding steroid dienone is 2. The van der Waals surface area contributed by atoms with Crippen molar-refractivity contribution in [2.24, 2.45) is 5.92 Å². The Kier molecular flexibility index (Phi) is 8.18. The molecule has 0 spiro atoms. The molecule has 78 valence electrons. The van der Waals surface area contributed by atoms with Crippen LogP contribution in [0, 0.1) is 5.92 Å². The Balaban J connectivity index is 3.83. The Morgan fingerprint density at radius 3 is 2.23 bits per heavy atom. The maximum atomic E-state index is 2.48. The van der Waals surface area contributed by atoms with Crippen LogP contribution in [0.3, 0.4) is 0 Å². The summed E-state index contributed by atoms with van der Waals surface area (Å²) >= 11 is 0. The third kappa shape index (κ3) is 8.08. The maximum Gasteiger partial charge on any atom is -0.0320 e. The highest BCUT2D eigenvalue weighted by molar-refractivity contribution is 5.01. The molecule has 0 rings (SSSR count). The van der Waals surface area contributed by atoms with Crippen molar-refractivity contribution < 1.29 is 0 Å². The molecular formula is C13H26. The first-order valence-electron chi connectivity index (χ1n) is 5.88. The Hall–Kier alpha value is -0.260. The van der Waals surface area contributed by atoms with E-state index < -0.39 is 0 Å². The minimum absolute atomic E-state index is 0.813. The van der Waals surface area contributed by atoms with Gasteiger partial charge in [0.1, 0.15) is 0 Å². The van der Waals surface area contributed by atoms with E-state index in [0.717, 1.165) is 5.92 Å². The molecule has 0 N–H and O–H groups in total. The van der Waals surface area contributed by atoms with Gasteiger partial charge in [0.25, 0.3) is 0 Å². The molecule has 0 aliphatic heterocycles. The van der Waals surface area contributed by atoms with Gasteiger partial charge in [0.15, 0.2) is 0 Å². The van der Waals surface area contributed by atoms with Gasteiger partial charge < -0.3 is 0 Å². The second kappa shape index (κ2) is 8.34. The lowest BCUT2D eigenvalue weighted by Gasteiger charge is -2.06. The van der Waals surface area contributed by atoms with Crippen LogP contribution in [0.2, 0.25) is 0 Å². The monoisotopic (exact) mass is 182 g/mol. The maximum absolute atomic E-state index is 2.48. The molecule has 0 amide bonds. The summed E-state index contributed by atoms with van der Waals surface area (Å²) in [4.78, 5) is 0. The van der Waals surface area contributed by atoms with Crippen molar-refractivity contribution >= 4 is 0 Å². The smallest absolute Gasteiger partial charge is 0.0320 e. The molecule has 0 atom stereocenters. The Morgan fingerprint density at radius 1 is 1.08 bits per heavy atom. The second-order valence-corrected chi connectivity index (χ2v) is 4.35. The van der Waals surface area contributed by atoms with Crippen LogP contribution in [0.4, 0.5) is 0 Å². The highest BCUT2D eigenvalue weighted by atomic mass is 14.0. The average molecular weight is 182 g/mol. The van der Waals surface area contributed by atoms with E-state index in [1.807, 2.05) is 0 Å². The largest absolute Gasteiger partial charge is 0.0851 e. The predicted molar refractivity (Wildman–Crippen MR) is 62.0 cm³/mol. The van der Waals surface area contributed by atoms with Gasteiger partial charge in [-0.2, -0.15) is 0 Å². The lowest BCUT2D eigenvalue weighted by molar-refractivity contribution is 0.650. The SMILES string of the molecule is CCCCC(=CCC(C)C)CCC. The van der Waals surface area contributed by atoms with E-state index in [4.69, 9.17) is 0 Å². The summed E-state index contributed by atoms with van der Waals surface area (Å²) in [5.41, 5.74) is 1.69. The van der Waals surface area contributed by atoms with E-state index in [-0.39, 0.29) is 0 Å². The van der Waals surface area contributed by atoms with Gasteiger partial charge in [-0.3, -0.25) is 0 Å². The molecule has 0 aliphatic carbocycles. The summed E-state index contributed by atoms with van der Waals surface area (Å²) in [6.45, 7) is 9.13. The lowest BCUT2D eigenvalue weighted by Crippen LogP contribution is -1.88. The number of hydrogen-bond acceptors (Lipinski definition) is 0. The van der Waals surface area contributed by atoms with Gasteiger partial charge in [0.2, 0.25) is 0 Å². The first-order valence-corrected chi connectivity index (χ1v) is 5.88. The van der Waals surface area contributed by atoms with Gasteiger partial charge in [0.05, 0.1) is 0 Å². The van der Waals surface area contributed by atoms with E-state index in [9.17, 15) is 0 Å². The zero-order valence-electron chi connectivity index (χ0n) is 9.90. The van der Waals surface area contributed by atoms with Gasteiger partial charge in [0, 0.05) is 0 Å². The molecule has 0 aromatic heterocycles. The Morgan fingerprint density at radius 2 is 1.77 bits per heavy atom. The van der Waals surface area contributed by atoms with Gasteiger partial charge in [-0.25, -0.2) is 0 Å². The highest BCUT2D eigenvalue weighted by Gasteiger charge is 1.97. The number of hydrogen-bond donors (Lipinski definition) is 0. The molecule has 0 heterocycles. The van der Waals surface area contributed by atoms with Crippen molar-refractivity contribution in [3.05, 3.63) is 11.6 Å². The second-order valence-electron chi connectivity index (χ2n) is 4.35. The minimum atomic E-state index is 0.813. The fourth-order valence-corrected chi connectivity index (χ4v) is 1.46. The van der Waals surface area contributed by atoms with E-state index in [1.54, 1.807) is 5.57 Å². The van der Waals surface area contributed by atoms with E-state index >= 15 is 0 Å². The third-order valence-corrected chi connectivity index (χ3v) is 2.30. The molecule has 0 saturated carbocycles. The van der Waals surface area contributed by atoms with Crippen molar-refractivity contribution in [3.8, 4) is 0 Å². The summed E-state index contributed by atoms with van der Waals surface area (Å²) in [5, 5.41) is 0.